The fourth-order valence-electron chi connectivity index (χ4n) is 1.90. The third kappa shape index (κ3) is 2.49. The number of benzene rings is 1. The number of nitrogens with one attached hydrogen (secondary N) is 1. The van der Waals surface area contributed by atoms with Crippen molar-refractivity contribution in [3.63, 3.8) is 0 Å². The van der Waals surface area contributed by atoms with Crippen LogP contribution in [-0.2, 0) is 6.18 Å². The van der Waals surface area contributed by atoms with Gasteiger partial charge in [0.05, 0.1) is 16.1 Å². The molecule has 0 aliphatic heterocycles. The summed E-state index contributed by atoms with van der Waals surface area (Å²) < 4.78 is 38.5. The van der Waals surface area contributed by atoms with Gasteiger partial charge in [-0.1, -0.05) is 6.07 Å². The molecule has 0 bridgehead atoms. The largest absolute Gasteiger partial charge is 0.476 e. The molecule has 0 unspecified atom stereocenters. The molecule has 2 heterocycles. The quantitative estimate of drug-likeness (QED) is 0.751. The van der Waals surface area contributed by atoms with E-state index in [1.165, 1.54) is 12.1 Å². The lowest BCUT2D eigenvalue weighted by atomic mass is 10.1. The Bertz CT molecular complexity index is 835. The minimum atomic E-state index is -4.39. The molecule has 1 aromatic carbocycles. The lowest BCUT2D eigenvalue weighted by Crippen LogP contribution is -2.03. The van der Waals surface area contributed by atoms with E-state index < -0.39 is 17.7 Å². The third-order valence-electron chi connectivity index (χ3n) is 2.91. The normalized spacial score (nSPS) is 12.0. The topological polar surface area (TPSA) is 66.0 Å². The molecular weight excluding hydrogens is 305 g/mol. The van der Waals surface area contributed by atoms with Crippen molar-refractivity contribution < 1.29 is 23.1 Å². The molecule has 0 amide bonds. The first kappa shape index (κ1) is 13.6. The maximum absolute atomic E-state index is 12.7. The average Bonchev–Trinajstić information content (AvgIpc) is 3.03. The van der Waals surface area contributed by atoms with E-state index in [0.717, 1.165) is 23.5 Å². The summed E-state index contributed by atoms with van der Waals surface area (Å²) >= 11 is 1.14. The van der Waals surface area contributed by atoms with Crippen LogP contribution in [-0.4, -0.2) is 21.3 Å². The van der Waals surface area contributed by atoms with Gasteiger partial charge < -0.3 is 5.11 Å². The molecule has 2 N–H and O–H groups in total. The first-order valence-electron chi connectivity index (χ1n) is 5.74. The maximum Gasteiger partial charge on any atom is 0.416 e. The van der Waals surface area contributed by atoms with Gasteiger partial charge in [-0.25, -0.2) is 4.79 Å². The van der Waals surface area contributed by atoms with Crippen molar-refractivity contribution in [3.05, 3.63) is 41.6 Å². The summed E-state index contributed by atoms with van der Waals surface area (Å²) in [5.41, 5.74) is -0.389. The number of alkyl halides is 3. The molecule has 0 aliphatic rings. The van der Waals surface area contributed by atoms with Gasteiger partial charge in [0, 0.05) is 4.70 Å². The fourth-order valence-corrected chi connectivity index (χ4v) is 2.97. The van der Waals surface area contributed by atoms with Crippen LogP contribution in [0.3, 0.4) is 0 Å². The van der Waals surface area contributed by atoms with Crippen molar-refractivity contribution in [1.29, 1.82) is 0 Å². The molecule has 2 aromatic heterocycles. The van der Waals surface area contributed by atoms with Crippen LogP contribution in [0.25, 0.3) is 20.7 Å². The Hall–Kier alpha value is -2.35. The lowest BCUT2D eigenvalue weighted by Gasteiger charge is -2.05. The van der Waals surface area contributed by atoms with Crippen LogP contribution in [0.1, 0.15) is 16.1 Å². The van der Waals surface area contributed by atoms with Crippen molar-refractivity contribution in [3.8, 4) is 10.6 Å². The summed E-state index contributed by atoms with van der Waals surface area (Å²) in [5, 5.41) is 15.7. The number of thiophene rings is 1. The molecule has 0 atom stereocenters. The molecule has 8 heteroatoms. The van der Waals surface area contributed by atoms with Crippen molar-refractivity contribution in [1.82, 2.24) is 10.2 Å². The summed E-state index contributed by atoms with van der Waals surface area (Å²) in [6.45, 7) is 0. The van der Waals surface area contributed by atoms with Crippen LogP contribution in [0.2, 0.25) is 0 Å². The van der Waals surface area contributed by atoms with Crippen molar-refractivity contribution >= 4 is 27.4 Å². The number of carboxylic acid groups (broad SMARTS) is 1. The van der Waals surface area contributed by atoms with Crippen molar-refractivity contribution in [2.45, 2.75) is 6.18 Å². The summed E-state index contributed by atoms with van der Waals surface area (Å²) in [4.78, 5) is 11.4. The van der Waals surface area contributed by atoms with Crippen LogP contribution >= 0.6 is 11.3 Å². The highest BCUT2D eigenvalue weighted by atomic mass is 32.1. The van der Waals surface area contributed by atoms with Crippen LogP contribution in [0.4, 0.5) is 13.2 Å². The fraction of sp³-hybridized carbons (Fsp3) is 0.0769. The number of aromatic nitrogens is 2. The van der Waals surface area contributed by atoms with Crippen molar-refractivity contribution in [2.75, 3.05) is 0 Å². The monoisotopic (exact) mass is 312 g/mol. The summed E-state index contributed by atoms with van der Waals surface area (Å²) in [7, 11) is 0. The lowest BCUT2D eigenvalue weighted by molar-refractivity contribution is -0.137. The van der Waals surface area contributed by atoms with Gasteiger partial charge in [0.1, 0.15) is 0 Å². The first-order valence-corrected chi connectivity index (χ1v) is 6.56. The average molecular weight is 312 g/mol. The zero-order valence-electron chi connectivity index (χ0n) is 10.2. The van der Waals surface area contributed by atoms with Gasteiger partial charge in [0.25, 0.3) is 0 Å². The molecule has 0 aliphatic carbocycles. The van der Waals surface area contributed by atoms with Gasteiger partial charge in [-0.05, 0) is 29.7 Å². The Morgan fingerprint density at radius 2 is 2.00 bits per heavy atom. The van der Waals surface area contributed by atoms with E-state index in [9.17, 15) is 18.0 Å². The minimum absolute atomic E-state index is 0.140. The van der Waals surface area contributed by atoms with Crippen LogP contribution in [0.5, 0.6) is 0 Å². The minimum Gasteiger partial charge on any atom is -0.476 e. The molecule has 0 fully saturated rings. The number of aromatic carboxylic acids is 1. The summed E-state index contributed by atoms with van der Waals surface area (Å²) in [6.07, 6.45) is -4.39. The Balaban J connectivity index is 2.06. The number of carboxylic acids is 1. The number of hydrogen-bond donors (Lipinski definition) is 2. The predicted molar refractivity (Wildman–Crippen MR) is 71.4 cm³/mol. The zero-order chi connectivity index (χ0) is 15.2. The highest BCUT2D eigenvalue weighted by Crippen LogP contribution is 2.37. The number of hydrogen-bond acceptors (Lipinski definition) is 3. The van der Waals surface area contributed by atoms with Gasteiger partial charge >= 0.3 is 12.1 Å². The van der Waals surface area contributed by atoms with E-state index in [-0.39, 0.29) is 5.69 Å². The number of rotatable bonds is 2. The maximum atomic E-state index is 12.7. The zero-order valence-corrected chi connectivity index (χ0v) is 11.0. The Kier molecular flexibility index (Phi) is 2.98. The number of fused-ring (bicyclic) bond motifs is 1. The van der Waals surface area contributed by atoms with E-state index in [4.69, 9.17) is 5.11 Å². The van der Waals surface area contributed by atoms with E-state index in [0.29, 0.717) is 20.7 Å². The smallest absolute Gasteiger partial charge is 0.416 e. The van der Waals surface area contributed by atoms with Gasteiger partial charge in [-0.3, -0.25) is 5.10 Å². The van der Waals surface area contributed by atoms with Gasteiger partial charge in [-0.15, -0.1) is 11.3 Å². The second kappa shape index (κ2) is 4.59. The molecule has 21 heavy (non-hydrogen) atoms. The van der Waals surface area contributed by atoms with Gasteiger partial charge in [0.15, 0.2) is 5.69 Å². The number of carbonyl (C=O) groups is 1. The van der Waals surface area contributed by atoms with E-state index in [2.05, 4.69) is 10.2 Å². The van der Waals surface area contributed by atoms with Crippen molar-refractivity contribution in [2.24, 2.45) is 0 Å². The van der Waals surface area contributed by atoms with E-state index in [1.807, 2.05) is 0 Å². The molecular formula is C13H7F3N2O2S. The molecule has 0 saturated heterocycles. The molecule has 3 aromatic rings. The first-order chi connectivity index (χ1) is 9.84. The molecule has 3 rings (SSSR count). The Morgan fingerprint density at radius 3 is 2.62 bits per heavy atom. The standard InChI is InChI=1S/C13H7F3N2O2S/c14-13(15,16)7-2-1-6-3-11(21-10(6)4-7)8-5-9(12(19)20)18-17-8/h1-5H,(H,17,18)(H,19,20). The third-order valence-corrected chi connectivity index (χ3v) is 4.04. The summed E-state index contributed by atoms with van der Waals surface area (Å²) in [5.74, 6) is -1.17. The van der Waals surface area contributed by atoms with Crippen LogP contribution < -0.4 is 0 Å². The van der Waals surface area contributed by atoms with Crippen LogP contribution in [0, 0.1) is 0 Å². The molecule has 0 saturated carbocycles. The van der Waals surface area contributed by atoms with Crippen LogP contribution in [0.15, 0.2) is 30.3 Å². The molecule has 0 spiro atoms. The van der Waals surface area contributed by atoms with E-state index >= 15 is 0 Å². The second-order valence-electron chi connectivity index (χ2n) is 4.33. The highest BCUT2D eigenvalue weighted by molar-refractivity contribution is 7.22. The SMILES string of the molecule is O=C(O)c1cc(-c2cc3ccc(C(F)(F)F)cc3s2)[nH]n1. The number of halogens is 3. The highest BCUT2D eigenvalue weighted by Gasteiger charge is 2.30. The molecule has 0 radical (unpaired) electrons. The predicted octanol–water partition coefficient (Wildman–Crippen LogP) is 4.01. The molecule has 4 nitrogen and oxygen atoms in total. The number of H-pyrrole nitrogens is 1. The summed E-state index contributed by atoms with van der Waals surface area (Å²) in [6, 6.07) is 6.54. The Morgan fingerprint density at radius 1 is 1.24 bits per heavy atom. The second-order valence-corrected chi connectivity index (χ2v) is 5.42. The van der Waals surface area contributed by atoms with Gasteiger partial charge in [0.2, 0.25) is 0 Å². The number of aromatic amines is 1. The van der Waals surface area contributed by atoms with E-state index in [1.54, 1.807) is 6.07 Å². The Labute approximate surface area is 119 Å². The molecule has 108 valence electrons. The van der Waals surface area contributed by atoms with Gasteiger partial charge in [-0.2, -0.15) is 18.3 Å². The number of nitrogens with zero attached hydrogens (tertiary/aromatic N) is 1.